The number of likely N-dealkylation sites (N-methyl/N-ethyl adjacent to an activating group) is 1. The lowest BCUT2D eigenvalue weighted by molar-refractivity contribution is -0.125. The fourth-order valence-corrected chi connectivity index (χ4v) is 6.51. The second kappa shape index (κ2) is 10.9. The Balaban J connectivity index is 1.07. The highest BCUT2D eigenvalue weighted by Gasteiger charge is 2.31. The molecule has 2 amide bonds. The molecule has 216 valence electrons. The van der Waals surface area contributed by atoms with Gasteiger partial charge in [-0.1, -0.05) is 18.2 Å². The Morgan fingerprint density at radius 2 is 1.93 bits per heavy atom. The molecule has 0 bridgehead atoms. The van der Waals surface area contributed by atoms with E-state index in [1.807, 2.05) is 34.0 Å². The van der Waals surface area contributed by atoms with Crippen LogP contribution in [0, 0.1) is 0 Å². The predicted molar refractivity (Wildman–Crippen MR) is 162 cm³/mol. The van der Waals surface area contributed by atoms with E-state index in [1.165, 1.54) is 36.9 Å². The zero-order valence-electron chi connectivity index (χ0n) is 23.4. The van der Waals surface area contributed by atoms with E-state index in [1.54, 1.807) is 29.5 Å². The lowest BCUT2D eigenvalue weighted by Crippen LogP contribution is -2.28. The number of anilines is 2. The molecule has 1 aromatic carbocycles. The first-order valence-electron chi connectivity index (χ1n) is 14.5. The first-order chi connectivity index (χ1) is 20.4. The van der Waals surface area contributed by atoms with Crippen molar-refractivity contribution in [3.8, 4) is 11.3 Å². The van der Waals surface area contributed by atoms with E-state index in [4.69, 9.17) is 10.8 Å². The Hall–Kier alpha value is -4.16. The van der Waals surface area contributed by atoms with Crippen LogP contribution in [-0.4, -0.2) is 79.1 Å². The summed E-state index contributed by atoms with van der Waals surface area (Å²) in [7, 11) is 2.10. The summed E-state index contributed by atoms with van der Waals surface area (Å²) >= 11 is 1.54. The number of nitrogens with one attached hydrogen (secondary N) is 1. The van der Waals surface area contributed by atoms with Gasteiger partial charge in [-0.3, -0.25) is 19.8 Å². The van der Waals surface area contributed by atoms with Gasteiger partial charge in [0.1, 0.15) is 17.8 Å². The molecule has 2 saturated carbocycles. The van der Waals surface area contributed by atoms with E-state index in [0.29, 0.717) is 58.3 Å². The average Bonchev–Trinajstić information content (AvgIpc) is 3.89. The van der Waals surface area contributed by atoms with Crippen LogP contribution in [0.25, 0.3) is 22.3 Å². The summed E-state index contributed by atoms with van der Waals surface area (Å²) in [5.74, 6) is 0.752. The van der Waals surface area contributed by atoms with E-state index in [2.05, 4.69) is 32.2 Å². The van der Waals surface area contributed by atoms with Crippen LogP contribution in [0.15, 0.2) is 48.9 Å². The number of carbonyl (C=O) groups is 2. The summed E-state index contributed by atoms with van der Waals surface area (Å²) < 4.78 is 1.88. The van der Waals surface area contributed by atoms with Crippen LogP contribution in [0.3, 0.4) is 0 Å². The monoisotopic (exact) mass is 583 g/mol. The molecule has 7 rings (SSSR count). The maximum Gasteiger partial charge on any atom is 0.257 e. The number of thiazole rings is 1. The number of nitrogens with two attached hydrogens (primary N) is 1. The number of carbonyl (C=O) groups excluding carboxylic acids is 2. The van der Waals surface area contributed by atoms with Crippen LogP contribution < -0.4 is 11.1 Å². The Bertz CT molecular complexity index is 1670. The third-order valence-corrected chi connectivity index (χ3v) is 9.38. The first-order valence-corrected chi connectivity index (χ1v) is 15.3. The third-order valence-electron chi connectivity index (χ3n) is 8.31. The normalized spacial score (nSPS) is 18.9. The minimum absolute atomic E-state index is 0.0166. The lowest BCUT2D eigenvalue weighted by Gasteiger charge is -2.16. The van der Waals surface area contributed by atoms with E-state index in [-0.39, 0.29) is 17.9 Å². The van der Waals surface area contributed by atoms with Crippen molar-refractivity contribution < 1.29 is 9.59 Å². The van der Waals surface area contributed by atoms with Crippen molar-refractivity contribution >= 4 is 45.1 Å². The van der Waals surface area contributed by atoms with Gasteiger partial charge in [0.2, 0.25) is 5.91 Å². The number of amides is 2. The van der Waals surface area contributed by atoms with E-state index in [0.717, 1.165) is 18.5 Å². The quantitative estimate of drug-likeness (QED) is 0.282. The molecule has 0 radical (unpaired) electrons. The number of fused-ring (bicyclic) bond motifs is 1. The lowest BCUT2D eigenvalue weighted by atomic mass is 10.1. The Morgan fingerprint density at radius 3 is 2.69 bits per heavy atom. The molecule has 1 unspecified atom stereocenters. The van der Waals surface area contributed by atoms with Gasteiger partial charge in [0.15, 0.2) is 10.8 Å². The molecule has 4 heterocycles. The number of benzene rings is 1. The van der Waals surface area contributed by atoms with Crippen LogP contribution in [-0.2, 0) is 4.79 Å². The topological polar surface area (TPSA) is 135 Å². The summed E-state index contributed by atoms with van der Waals surface area (Å²) in [6, 6.07) is 7.89. The van der Waals surface area contributed by atoms with Gasteiger partial charge in [-0.05, 0) is 57.2 Å². The summed E-state index contributed by atoms with van der Waals surface area (Å²) in [5, 5.41) is 9.13. The van der Waals surface area contributed by atoms with E-state index in [9.17, 15) is 9.59 Å². The highest BCUT2D eigenvalue weighted by Crippen LogP contribution is 2.43. The van der Waals surface area contributed by atoms with Gasteiger partial charge in [0.25, 0.3) is 5.91 Å². The molecule has 2 aliphatic carbocycles. The van der Waals surface area contributed by atoms with Crippen LogP contribution in [0.2, 0.25) is 0 Å². The molecule has 1 aliphatic heterocycles. The van der Waals surface area contributed by atoms with Crippen molar-refractivity contribution in [2.45, 2.75) is 50.1 Å². The van der Waals surface area contributed by atoms with Crippen molar-refractivity contribution in [3.05, 3.63) is 59.4 Å². The number of likely N-dealkylation sites (tertiary alicyclic amines) is 1. The highest BCUT2D eigenvalue weighted by atomic mass is 32.1. The Labute approximate surface area is 247 Å². The van der Waals surface area contributed by atoms with Gasteiger partial charge in [0.05, 0.1) is 11.4 Å². The minimum atomic E-state index is -0.208. The summed E-state index contributed by atoms with van der Waals surface area (Å²) in [5.41, 5.74) is 8.94. The smallest absolute Gasteiger partial charge is 0.257 e. The number of hydrogen-bond donors (Lipinski definition) is 2. The molecule has 3 fully saturated rings. The summed E-state index contributed by atoms with van der Waals surface area (Å²) in [4.78, 5) is 44.2. The van der Waals surface area contributed by atoms with Gasteiger partial charge in [0, 0.05) is 54.0 Å². The van der Waals surface area contributed by atoms with Crippen LogP contribution in [0.1, 0.15) is 59.3 Å². The molecular formula is C30H33N9O2S. The first kappa shape index (κ1) is 26.7. The second-order valence-electron chi connectivity index (χ2n) is 11.4. The average molecular weight is 584 g/mol. The van der Waals surface area contributed by atoms with Crippen LogP contribution >= 0.6 is 11.3 Å². The zero-order valence-corrected chi connectivity index (χ0v) is 24.3. The minimum Gasteiger partial charge on any atom is -0.383 e. The van der Waals surface area contributed by atoms with Gasteiger partial charge in [-0.15, -0.1) is 11.3 Å². The number of rotatable bonds is 9. The largest absolute Gasteiger partial charge is 0.383 e. The van der Waals surface area contributed by atoms with Crippen LogP contribution in [0.5, 0.6) is 0 Å². The maximum absolute atomic E-state index is 12.9. The fourth-order valence-electron chi connectivity index (χ4n) is 5.53. The summed E-state index contributed by atoms with van der Waals surface area (Å²) in [6.45, 7) is 1.97. The third kappa shape index (κ3) is 5.39. The summed E-state index contributed by atoms with van der Waals surface area (Å²) in [6.07, 6.45) is 12.6. The van der Waals surface area contributed by atoms with Crippen molar-refractivity contribution in [2.24, 2.45) is 0 Å². The number of aromatic nitrogens is 5. The molecule has 12 heteroatoms. The van der Waals surface area contributed by atoms with E-state index >= 15 is 0 Å². The number of hydrogen-bond acceptors (Lipinski definition) is 9. The molecule has 3 aromatic heterocycles. The van der Waals surface area contributed by atoms with Gasteiger partial charge in [-0.2, -0.15) is 5.10 Å². The van der Waals surface area contributed by atoms with Crippen LogP contribution in [0.4, 0.5) is 10.9 Å². The Morgan fingerprint density at radius 1 is 1.12 bits per heavy atom. The number of nitrogens with zero attached hydrogens (tertiary/aromatic N) is 7. The molecule has 11 nitrogen and oxygen atoms in total. The van der Waals surface area contributed by atoms with Crippen molar-refractivity contribution in [1.82, 2.24) is 34.5 Å². The molecule has 42 heavy (non-hydrogen) atoms. The van der Waals surface area contributed by atoms with Gasteiger partial charge in [-0.25, -0.2) is 19.6 Å². The van der Waals surface area contributed by atoms with Gasteiger partial charge < -0.3 is 10.6 Å². The van der Waals surface area contributed by atoms with Crippen molar-refractivity contribution in [2.75, 3.05) is 37.7 Å². The molecule has 1 atom stereocenters. The van der Waals surface area contributed by atoms with Crippen molar-refractivity contribution in [1.29, 1.82) is 0 Å². The van der Waals surface area contributed by atoms with E-state index < -0.39 is 0 Å². The fraction of sp³-hybridized carbons (Fsp3) is 0.400. The molecule has 0 spiro atoms. The molecule has 4 aromatic rings. The standard InChI is InChI=1S/C30H33N9O2S/c1-37(21-10-11-21)13-2-3-24(40)38-14-12-22(16-38)39-28-25(27(31)33-17-34-28)26(36-39)19-6-8-20(9-7-19)29(41)35-30-32-15-23(42-30)18-4-5-18/h2-3,6-9,15,17-18,21-22H,4-5,10-14,16H2,1H3,(H2,31,33,34)(H,32,35,41). The molecule has 1 saturated heterocycles. The van der Waals surface area contributed by atoms with Crippen molar-refractivity contribution in [3.63, 3.8) is 0 Å². The maximum atomic E-state index is 12.9. The SMILES string of the molecule is CN(CC=CC(=O)N1CCC(n2nc(-c3ccc(C(=O)Nc4ncc(C5CC5)s4)cc3)c3c(N)ncnc32)C1)C1CC1. The Kier molecular flexibility index (Phi) is 6.95. The van der Waals surface area contributed by atoms with Gasteiger partial charge >= 0.3 is 0 Å². The second-order valence-corrected chi connectivity index (χ2v) is 12.5. The molecule has 3 N–H and O–H groups in total. The predicted octanol–water partition coefficient (Wildman–Crippen LogP) is 4.09. The molecule has 3 aliphatic rings. The zero-order chi connectivity index (χ0) is 28.8. The molecular weight excluding hydrogens is 550 g/mol. The number of nitrogen functional groups attached to an aromatic ring is 1. The highest BCUT2D eigenvalue weighted by molar-refractivity contribution is 7.15.